The van der Waals surface area contributed by atoms with Gasteiger partial charge in [-0.15, -0.1) is 0 Å². The molecule has 8 aromatic rings. The predicted molar refractivity (Wildman–Crippen MR) is 569 cm³/mol. The van der Waals surface area contributed by atoms with Crippen LogP contribution in [0.2, 0.25) is 20.1 Å². The fourth-order valence-electron chi connectivity index (χ4n) is 13.2. The smallest absolute Gasteiger partial charge is 0.340 e. The Hall–Kier alpha value is -11.9. The van der Waals surface area contributed by atoms with Gasteiger partial charge in [-0.05, 0) is 265 Å². The molecular formula is C114H138Cl4N4O19. The summed E-state index contributed by atoms with van der Waals surface area (Å²) >= 11 is 24.6. The van der Waals surface area contributed by atoms with E-state index in [1.165, 1.54) is 0 Å². The third-order valence-corrected chi connectivity index (χ3v) is 22.7. The molecule has 2 aliphatic heterocycles. The van der Waals surface area contributed by atoms with Crippen molar-refractivity contribution in [3.05, 3.63) is 356 Å². The molecule has 27 heteroatoms. The van der Waals surface area contributed by atoms with E-state index in [0.29, 0.717) is 92.0 Å². The van der Waals surface area contributed by atoms with Gasteiger partial charge in [-0.25, -0.2) is 19.2 Å². The number of nitrogens with one attached hydrogen (secondary N) is 4. The molecule has 8 aromatic carbocycles. The van der Waals surface area contributed by atoms with E-state index in [9.17, 15) is 33.9 Å². The maximum Gasteiger partial charge on any atom is 0.340 e. The molecule has 2 saturated heterocycles. The van der Waals surface area contributed by atoms with Crippen LogP contribution >= 0.6 is 46.4 Å². The van der Waals surface area contributed by atoms with Gasteiger partial charge in [0, 0.05) is 55.7 Å². The summed E-state index contributed by atoms with van der Waals surface area (Å²) < 4.78 is 48.9. The molecule has 0 saturated carbocycles. The summed E-state index contributed by atoms with van der Waals surface area (Å²) in [5.74, 6) is -4.57. The molecule has 0 radical (unpaired) electrons. The number of carbonyl (C=O) groups excluding carboxylic acids is 5. The second-order valence-corrected chi connectivity index (χ2v) is 35.0. The number of benzene rings is 8. The molecule has 4 unspecified atom stereocenters. The van der Waals surface area contributed by atoms with Gasteiger partial charge in [0.2, 0.25) is 0 Å². The van der Waals surface area contributed by atoms with E-state index in [1.807, 2.05) is 128 Å². The van der Waals surface area contributed by atoms with Crippen molar-refractivity contribution in [2.45, 2.75) is 208 Å². The van der Waals surface area contributed by atoms with Crippen LogP contribution in [0.1, 0.15) is 208 Å². The summed E-state index contributed by atoms with van der Waals surface area (Å²) in [7, 11) is 0. The number of ether oxygens (including phenoxy) is 9. The molecule has 0 amide bonds. The number of carboxylic acid groups (broad SMARTS) is 1. The van der Waals surface area contributed by atoms with Crippen LogP contribution in [0.4, 0.5) is 45.5 Å². The Morgan fingerprint density at radius 1 is 0.376 bits per heavy atom. The fraction of sp³-hybridized carbons (Fsp3) is 0.351. The standard InChI is InChI=1S/C57H74ClNO6.C20H22ClNO4.C17H18ClNO4.C14H12ClNO2.C6H12O3/c1-4-6-8-10-12-14-16-18-20-22-24-26-28-30-32-34-36-45-55(60)63-47-50(48-64-57(62)51-41-38-39-43-54(51)59-53-44-40-42-52(58)49(53)3)65-56(61)46-37-35-33-31-29-27-25-23-21-19-17-15-13-11-9-7-5-2;1-13-16(21)8-6-10-17(13)22-18-9-5-4-7-15(18)19(23)24-11-14-12-25-20(2,3)26-14;1-11-14(18)6-4-8-15(11)19-16-7-3-2-5-13(16)17(22)23-10-12(21)9-20;1-9-11(15)6-4-8-12(9)16-13-7-3-2-5-10(13)14(17)18;1-6(2)8-4-5(3-7)9-6/h6-9,12-15,18-21,24-27,30-33,38-44,50,59H,4-5,10-11,16-17,22-23,28-29,34-37,45-48H2,1-3H3;4-10,14,22H,11-12H2,1-3H3;2-8,12,19-21H,9-10H2,1H3;2-8,16H,1H3,(H,17,18);5,7H,3-4H2,1-2H3/b8-6-,9-7-,14-12-,15-13-,20-18-,21-19-,26-24-,27-25-,32-30-,33-31-;;;;. The van der Waals surface area contributed by atoms with Crippen molar-refractivity contribution >= 4 is 128 Å². The Morgan fingerprint density at radius 3 is 0.986 bits per heavy atom. The van der Waals surface area contributed by atoms with Gasteiger partial charge in [0.1, 0.15) is 44.7 Å². The molecule has 8 N–H and O–H groups in total. The number of unbranched alkanes of at least 4 members (excludes halogenated alkanes) is 2. The summed E-state index contributed by atoms with van der Waals surface area (Å²) in [5.41, 5.74) is 10.3. The van der Waals surface area contributed by atoms with Gasteiger partial charge in [-0.3, -0.25) is 9.59 Å². The summed E-state index contributed by atoms with van der Waals surface area (Å²) in [4.78, 5) is 74.8. The van der Waals surface area contributed by atoms with Crippen LogP contribution in [0.15, 0.2) is 291 Å². The van der Waals surface area contributed by atoms with Crippen LogP contribution in [0.3, 0.4) is 0 Å². The Morgan fingerprint density at radius 2 is 0.667 bits per heavy atom. The molecule has 10 rings (SSSR count). The molecular weight excluding hydrogens is 1870 g/mol. The minimum atomic E-state index is -1.09. The van der Waals surface area contributed by atoms with Crippen molar-refractivity contribution in [2.24, 2.45) is 0 Å². The second kappa shape index (κ2) is 67.5. The largest absolute Gasteiger partial charge is 0.478 e. The van der Waals surface area contributed by atoms with E-state index in [-0.39, 0.29) is 63.6 Å². The molecule has 0 aliphatic carbocycles. The topological polar surface area (TPSA) is 315 Å². The highest BCUT2D eigenvalue weighted by Crippen LogP contribution is 2.34. The molecule has 141 heavy (non-hydrogen) atoms. The molecule has 0 spiro atoms. The first-order valence-corrected chi connectivity index (χ1v) is 49.1. The van der Waals surface area contributed by atoms with Crippen molar-refractivity contribution in [1.82, 2.24) is 0 Å². The first-order chi connectivity index (χ1) is 68.0. The third-order valence-electron chi connectivity index (χ3n) is 21.1. The number of aromatic carboxylic acids is 1. The van der Waals surface area contributed by atoms with E-state index in [2.05, 4.69) is 157 Å². The zero-order valence-corrected chi connectivity index (χ0v) is 85.4. The highest BCUT2D eigenvalue weighted by atomic mass is 35.5. The number of esters is 5. The lowest BCUT2D eigenvalue weighted by atomic mass is 10.1. The molecule has 2 fully saturated rings. The number of hydrogen-bond donors (Lipinski definition) is 8. The minimum Gasteiger partial charge on any atom is -0.478 e. The maximum atomic E-state index is 13.4. The number of halogens is 4. The number of hydrogen-bond acceptors (Lipinski definition) is 22. The van der Waals surface area contributed by atoms with Crippen LogP contribution in [0, 0.1) is 27.7 Å². The summed E-state index contributed by atoms with van der Waals surface area (Å²) in [6, 6.07) is 49.9. The van der Waals surface area contributed by atoms with Crippen molar-refractivity contribution < 1.29 is 91.8 Å². The van der Waals surface area contributed by atoms with E-state index in [4.69, 9.17) is 104 Å². The number of anilines is 8. The molecule has 756 valence electrons. The number of rotatable bonds is 49. The van der Waals surface area contributed by atoms with Crippen LogP contribution in [-0.4, -0.2) is 145 Å². The first kappa shape index (κ1) is 118. The monoisotopic (exact) mass is 2010 g/mol. The Bertz CT molecular complexity index is 5500. The third kappa shape index (κ3) is 47.0. The number of aliphatic hydroxyl groups is 3. The summed E-state index contributed by atoms with van der Waals surface area (Å²) in [6.07, 6.45) is 53.1. The quantitative estimate of drug-likeness (QED) is 0.00760. The number of allylic oxidation sites excluding steroid dienone is 20. The van der Waals surface area contributed by atoms with E-state index in [1.54, 1.807) is 97.1 Å². The zero-order chi connectivity index (χ0) is 102. The van der Waals surface area contributed by atoms with Crippen LogP contribution in [0.5, 0.6) is 0 Å². The predicted octanol–water partition coefficient (Wildman–Crippen LogP) is 27.7. The van der Waals surface area contributed by atoms with Gasteiger partial charge in [-0.1, -0.05) is 255 Å². The van der Waals surface area contributed by atoms with Crippen molar-refractivity contribution in [1.29, 1.82) is 0 Å². The van der Waals surface area contributed by atoms with E-state index >= 15 is 0 Å². The summed E-state index contributed by atoms with van der Waals surface area (Å²) in [5, 5.41) is 51.1. The van der Waals surface area contributed by atoms with Gasteiger partial charge in [-0.2, -0.15) is 0 Å². The zero-order valence-electron chi connectivity index (χ0n) is 82.4. The van der Waals surface area contributed by atoms with Gasteiger partial charge in [0.15, 0.2) is 17.7 Å². The number of para-hydroxylation sites is 4. The number of carboxylic acids is 1. The lowest BCUT2D eigenvalue weighted by Crippen LogP contribution is -2.31. The van der Waals surface area contributed by atoms with Gasteiger partial charge in [0.05, 0.1) is 71.4 Å². The Balaban J connectivity index is 0.000000321. The van der Waals surface area contributed by atoms with Gasteiger partial charge < -0.3 is 84.3 Å². The SMILES string of the molecule is CC/C=C\C/C=C\C/C=C\C/C=C\C/C=C\CCCC(=O)OCC(COC(=O)c1ccccc1Nc1cccc(Cl)c1C)OC(=O)CCC/C=C\C/C=C\C/C=C\C/C=C\C/C=C\CC.CC1(C)OCC(CO)O1.Cc1c(Cl)cccc1Nc1ccccc1C(=O)O.Cc1c(Cl)cccc1Nc1ccccc1C(=O)OCC(O)CO.Cc1c(Cl)cccc1Nc1ccccc1C(=O)OCC1COC(C)(C)O1. The van der Waals surface area contributed by atoms with Crippen molar-refractivity contribution in [2.75, 3.05) is 74.1 Å². The summed E-state index contributed by atoms with van der Waals surface area (Å²) in [6.45, 7) is 19.1. The lowest BCUT2D eigenvalue weighted by Gasteiger charge is -2.19. The van der Waals surface area contributed by atoms with E-state index < -0.39 is 66.2 Å². The number of carbonyl (C=O) groups is 6. The lowest BCUT2D eigenvalue weighted by molar-refractivity contribution is -0.161. The van der Waals surface area contributed by atoms with Crippen molar-refractivity contribution in [3.8, 4) is 0 Å². The average molecular weight is 2010 g/mol. The van der Waals surface area contributed by atoms with Crippen LogP contribution in [0.25, 0.3) is 0 Å². The van der Waals surface area contributed by atoms with Crippen molar-refractivity contribution in [3.63, 3.8) is 0 Å². The maximum absolute atomic E-state index is 13.4. The number of aliphatic hydroxyl groups excluding tert-OH is 3. The highest BCUT2D eigenvalue weighted by Gasteiger charge is 2.35. The van der Waals surface area contributed by atoms with Crippen LogP contribution in [-0.2, 0) is 52.2 Å². The Labute approximate surface area is 852 Å². The fourth-order valence-corrected chi connectivity index (χ4v) is 13.9. The molecule has 2 aliphatic rings. The molecule has 4 atom stereocenters. The highest BCUT2D eigenvalue weighted by molar-refractivity contribution is 6.33. The average Bonchev–Trinajstić information content (AvgIpc) is 1.02. The second-order valence-electron chi connectivity index (χ2n) is 33.3. The normalized spacial score (nSPS) is 14.7. The Kier molecular flexibility index (Phi) is 56.3. The van der Waals surface area contributed by atoms with Gasteiger partial charge in [0.25, 0.3) is 0 Å². The minimum absolute atomic E-state index is 0.0451. The van der Waals surface area contributed by atoms with Gasteiger partial charge >= 0.3 is 35.8 Å². The molecule has 0 aromatic heterocycles. The van der Waals surface area contributed by atoms with Crippen LogP contribution < -0.4 is 21.3 Å². The van der Waals surface area contributed by atoms with E-state index in [0.717, 1.165) is 116 Å². The molecule has 23 nitrogen and oxygen atoms in total. The molecule has 2 heterocycles. The molecule has 0 bridgehead atoms. The first-order valence-electron chi connectivity index (χ1n) is 47.5.